The molecule has 0 unspecified atom stereocenters. The topological polar surface area (TPSA) is 73.8 Å². The van der Waals surface area contributed by atoms with Crippen LogP contribution in [0.3, 0.4) is 0 Å². The summed E-state index contributed by atoms with van der Waals surface area (Å²) in [5.41, 5.74) is 1.36. The van der Waals surface area contributed by atoms with E-state index in [1.54, 1.807) is 24.3 Å². The van der Waals surface area contributed by atoms with E-state index in [0.29, 0.717) is 43.3 Å². The standard InChI is InChI=1S/C21H25N3O3S/c1-2-27-17-9-7-16(8-10-17)22-21(28)24-13-11-15(12-14-24)20(26)23-18-5-3-4-6-19(18)25/h3-10,15,25H,2,11-14H2,1H3,(H,22,28)(H,23,26). The predicted octanol–water partition coefficient (Wildman–Crippen LogP) is 3.84. The third-order valence-corrected chi connectivity index (χ3v) is 5.09. The van der Waals surface area contributed by atoms with E-state index in [0.717, 1.165) is 11.4 Å². The molecule has 0 atom stereocenters. The number of ether oxygens (including phenoxy) is 1. The Bertz CT molecular complexity index is 818. The summed E-state index contributed by atoms with van der Waals surface area (Å²) in [6, 6.07) is 14.4. The lowest BCUT2D eigenvalue weighted by molar-refractivity contribution is -0.121. The van der Waals surface area contributed by atoms with E-state index in [2.05, 4.69) is 15.5 Å². The first-order valence-corrected chi connectivity index (χ1v) is 9.85. The zero-order chi connectivity index (χ0) is 19.9. The van der Waals surface area contributed by atoms with Gasteiger partial charge in [-0.3, -0.25) is 4.79 Å². The van der Waals surface area contributed by atoms with Crippen molar-refractivity contribution < 1.29 is 14.6 Å². The maximum atomic E-state index is 12.5. The van der Waals surface area contributed by atoms with Crippen molar-refractivity contribution in [2.24, 2.45) is 5.92 Å². The molecule has 3 N–H and O–H groups in total. The van der Waals surface area contributed by atoms with Gasteiger partial charge in [-0.25, -0.2) is 0 Å². The minimum absolute atomic E-state index is 0.0634. The third-order valence-electron chi connectivity index (χ3n) is 4.73. The summed E-state index contributed by atoms with van der Waals surface area (Å²) < 4.78 is 5.44. The highest BCUT2D eigenvalue weighted by Gasteiger charge is 2.26. The first-order chi connectivity index (χ1) is 13.6. The average Bonchev–Trinajstić information content (AvgIpc) is 2.71. The number of nitrogens with one attached hydrogen (secondary N) is 2. The molecular formula is C21H25N3O3S. The Morgan fingerprint density at radius 2 is 1.82 bits per heavy atom. The average molecular weight is 400 g/mol. The minimum atomic E-state index is -0.0934. The molecule has 148 valence electrons. The largest absolute Gasteiger partial charge is 0.506 e. The number of aromatic hydroxyl groups is 1. The maximum absolute atomic E-state index is 12.5. The zero-order valence-corrected chi connectivity index (χ0v) is 16.7. The number of carbonyl (C=O) groups excluding carboxylic acids is 1. The third kappa shape index (κ3) is 5.13. The quantitative estimate of drug-likeness (QED) is 0.524. The molecule has 7 heteroatoms. The minimum Gasteiger partial charge on any atom is -0.506 e. The number of para-hydroxylation sites is 2. The van der Waals surface area contributed by atoms with Gasteiger partial charge in [-0.2, -0.15) is 0 Å². The van der Waals surface area contributed by atoms with Crippen LogP contribution in [-0.4, -0.2) is 40.7 Å². The Hall–Kier alpha value is -2.80. The Kier molecular flexibility index (Phi) is 6.71. The second-order valence-corrected chi connectivity index (χ2v) is 7.04. The molecule has 1 fully saturated rings. The van der Waals surface area contributed by atoms with Gasteiger partial charge in [-0.05, 0) is 68.4 Å². The molecule has 2 aromatic carbocycles. The van der Waals surface area contributed by atoms with Crippen molar-refractivity contribution in [2.75, 3.05) is 30.3 Å². The molecule has 1 saturated heterocycles. The summed E-state index contributed by atoms with van der Waals surface area (Å²) in [6.07, 6.45) is 1.43. The number of phenols is 1. The zero-order valence-electron chi connectivity index (χ0n) is 15.9. The lowest BCUT2D eigenvalue weighted by atomic mass is 9.96. The molecule has 0 aromatic heterocycles. The van der Waals surface area contributed by atoms with Gasteiger partial charge in [0.2, 0.25) is 5.91 Å². The molecule has 1 aliphatic heterocycles. The Balaban J connectivity index is 1.48. The number of thiocarbonyl (C=S) groups is 1. The number of likely N-dealkylation sites (tertiary alicyclic amines) is 1. The van der Waals surface area contributed by atoms with Crippen LogP contribution in [0.15, 0.2) is 48.5 Å². The highest BCUT2D eigenvalue weighted by Crippen LogP contribution is 2.25. The highest BCUT2D eigenvalue weighted by atomic mass is 32.1. The fraction of sp³-hybridized carbons (Fsp3) is 0.333. The second-order valence-electron chi connectivity index (χ2n) is 6.66. The van der Waals surface area contributed by atoms with Crippen molar-refractivity contribution in [3.05, 3.63) is 48.5 Å². The number of rotatable bonds is 5. The number of carbonyl (C=O) groups is 1. The lowest BCUT2D eigenvalue weighted by Crippen LogP contribution is -2.43. The number of nitrogens with zero attached hydrogens (tertiary/aromatic N) is 1. The van der Waals surface area contributed by atoms with Crippen molar-refractivity contribution in [2.45, 2.75) is 19.8 Å². The van der Waals surface area contributed by atoms with Gasteiger partial charge in [0.1, 0.15) is 11.5 Å². The summed E-state index contributed by atoms with van der Waals surface area (Å²) in [7, 11) is 0. The summed E-state index contributed by atoms with van der Waals surface area (Å²) in [6.45, 7) is 4.01. The van der Waals surface area contributed by atoms with Gasteiger partial charge in [0, 0.05) is 24.7 Å². The maximum Gasteiger partial charge on any atom is 0.227 e. The van der Waals surface area contributed by atoms with E-state index in [-0.39, 0.29) is 17.6 Å². The smallest absolute Gasteiger partial charge is 0.227 e. The number of hydrogen-bond donors (Lipinski definition) is 3. The van der Waals surface area contributed by atoms with Crippen molar-refractivity contribution in [1.82, 2.24) is 4.90 Å². The number of piperidine rings is 1. The molecule has 0 radical (unpaired) electrons. The van der Waals surface area contributed by atoms with Crippen LogP contribution < -0.4 is 15.4 Å². The van der Waals surface area contributed by atoms with Crippen molar-refractivity contribution in [3.8, 4) is 11.5 Å². The monoisotopic (exact) mass is 399 g/mol. The fourth-order valence-corrected chi connectivity index (χ4v) is 3.46. The van der Waals surface area contributed by atoms with Crippen LogP contribution in [0, 0.1) is 5.92 Å². The van der Waals surface area contributed by atoms with E-state index in [1.165, 1.54) is 0 Å². The Morgan fingerprint density at radius 1 is 1.14 bits per heavy atom. The molecule has 0 bridgehead atoms. The van der Waals surface area contributed by atoms with Crippen molar-refractivity contribution in [1.29, 1.82) is 0 Å². The van der Waals surface area contributed by atoms with E-state index in [9.17, 15) is 9.90 Å². The Labute approximate surface area is 170 Å². The molecule has 3 rings (SSSR count). The van der Waals surface area contributed by atoms with Gasteiger partial charge >= 0.3 is 0 Å². The van der Waals surface area contributed by atoms with Crippen LogP contribution in [0.4, 0.5) is 11.4 Å². The molecular weight excluding hydrogens is 374 g/mol. The van der Waals surface area contributed by atoms with E-state index >= 15 is 0 Å². The van der Waals surface area contributed by atoms with E-state index in [4.69, 9.17) is 17.0 Å². The summed E-state index contributed by atoms with van der Waals surface area (Å²) in [4.78, 5) is 14.6. The first kappa shape index (κ1) is 19.9. The molecule has 1 heterocycles. The number of phenolic OH excluding ortho intramolecular Hbond substituents is 1. The van der Waals surface area contributed by atoms with Gasteiger partial charge in [0.25, 0.3) is 0 Å². The summed E-state index contributed by atoms with van der Waals surface area (Å²) >= 11 is 5.52. The first-order valence-electron chi connectivity index (χ1n) is 9.44. The number of benzene rings is 2. The molecule has 28 heavy (non-hydrogen) atoms. The van der Waals surface area contributed by atoms with Crippen LogP contribution >= 0.6 is 12.2 Å². The van der Waals surface area contributed by atoms with Gasteiger partial charge in [-0.15, -0.1) is 0 Å². The molecule has 0 aliphatic carbocycles. The van der Waals surface area contributed by atoms with Gasteiger partial charge in [0.15, 0.2) is 5.11 Å². The summed E-state index contributed by atoms with van der Waals surface area (Å²) in [5, 5.41) is 16.5. The fourth-order valence-electron chi connectivity index (χ4n) is 3.16. The number of anilines is 2. The SMILES string of the molecule is CCOc1ccc(NC(=S)N2CCC(C(=O)Nc3ccccc3O)CC2)cc1. The molecule has 1 amide bonds. The molecule has 6 nitrogen and oxygen atoms in total. The van der Waals surface area contributed by atoms with Crippen LogP contribution in [0.2, 0.25) is 0 Å². The Morgan fingerprint density at radius 3 is 2.46 bits per heavy atom. The van der Waals surface area contributed by atoms with E-state index in [1.807, 2.05) is 31.2 Å². The van der Waals surface area contributed by atoms with Crippen molar-refractivity contribution in [3.63, 3.8) is 0 Å². The van der Waals surface area contributed by atoms with Crippen LogP contribution in [0.5, 0.6) is 11.5 Å². The number of hydrogen-bond acceptors (Lipinski definition) is 4. The van der Waals surface area contributed by atoms with Gasteiger partial charge < -0.3 is 25.4 Å². The normalized spacial score (nSPS) is 14.4. The van der Waals surface area contributed by atoms with Crippen LogP contribution in [-0.2, 0) is 4.79 Å². The molecule has 0 saturated carbocycles. The van der Waals surface area contributed by atoms with Gasteiger partial charge in [0.05, 0.1) is 12.3 Å². The summed E-state index contributed by atoms with van der Waals surface area (Å²) in [5.74, 6) is 0.750. The van der Waals surface area contributed by atoms with Gasteiger partial charge in [-0.1, -0.05) is 12.1 Å². The van der Waals surface area contributed by atoms with E-state index < -0.39 is 0 Å². The van der Waals surface area contributed by atoms with Crippen LogP contribution in [0.1, 0.15) is 19.8 Å². The second kappa shape index (κ2) is 9.41. The predicted molar refractivity (Wildman–Crippen MR) is 115 cm³/mol. The molecule has 0 spiro atoms. The molecule has 2 aromatic rings. The number of amides is 1. The molecule has 1 aliphatic rings. The lowest BCUT2D eigenvalue weighted by Gasteiger charge is -2.33. The van der Waals surface area contributed by atoms with Crippen molar-refractivity contribution >= 4 is 34.6 Å². The highest BCUT2D eigenvalue weighted by molar-refractivity contribution is 7.80. The van der Waals surface area contributed by atoms with Crippen LogP contribution in [0.25, 0.3) is 0 Å².